The molecule has 6 heteroatoms. The number of hydrogen-bond acceptors (Lipinski definition) is 3. The Balaban J connectivity index is 1.48. The summed E-state index contributed by atoms with van der Waals surface area (Å²) in [5.74, 6) is -1.91. The van der Waals surface area contributed by atoms with Gasteiger partial charge in [0.1, 0.15) is 0 Å². The lowest BCUT2D eigenvalue weighted by Gasteiger charge is -2.03. The van der Waals surface area contributed by atoms with Gasteiger partial charge in [-0.25, -0.2) is 4.68 Å². The van der Waals surface area contributed by atoms with Crippen molar-refractivity contribution in [3.63, 3.8) is 0 Å². The largest absolute Gasteiger partial charge is 0.481 e. The summed E-state index contributed by atoms with van der Waals surface area (Å²) < 4.78 is 1.79. The number of aromatic nitrogens is 2. The SMILES string of the molecule is O=C(O)[C@@H]1C[C@H]1C(=O)NCCc1cnn(-c2ccccc2)c1. The molecule has 1 heterocycles. The Hall–Kier alpha value is -2.63. The highest BCUT2D eigenvalue weighted by atomic mass is 16.4. The van der Waals surface area contributed by atoms with Crippen molar-refractivity contribution in [2.24, 2.45) is 11.8 Å². The van der Waals surface area contributed by atoms with Crippen molar-refractivity contribution in [2.45, 2.75) is 12.8 Å². The molecule has 1 aromatic heterocycles. The zero-order valence-electron chi connectivity index (χ0n) is 12.0. The van der Waals surface area contributed by atoms with Crippen LogP contribution in [0.15, 0.2) is 42.7 Å². The molecule has 1 aromatic carbocycles. The van der Waals surface area contributed by atoms with E-state index in [0.29, 0.717) is 19.4 Å². The van der Waals surface area contributed by atoms with Gasteiger partial charge < -0.3 is 10.4 Å². The number of carboxylic acid groups (broad SMARTS) is 1. The Kier molecular flexibility index (Phi) is 3.91. The fourth-order valence-electron chi connectivity index (χ4n) is 2.43. The Morgan fingerprint density at radius 1 is 1.27 bits per heavy atom. The molecule has 1 amide bonds. The molecule has 0 aliphatic heterocycles. The number of aliphatic carboxylic acids is 1. The number of carbonyl (C=O) groups is 2. The molecule has 3 rings (SSSR count). The molecule has 2 atom stereocenters. The van der Waals surface area contributed by atoms with Crippen LogP contribution in [0.25, 0.3) is 5.69 Å². The van der Waals surface area contributed by atoms with E-state index in [1.54, 1.807) is 10.9 Å². The van der Waals surface area contributed by atoms with Crippen LogP contribution < -0.4 is 5.32 Å². The molecule has 1 aliphatic rings. The van der Waals surface area contributed by atoms with Gasteiger partial charge in [0.15, 0.2) is 0 Å². The summed E-state index contributed by atoms with van der Waals surface area (Å²) in [7, 11) is 0. The summed E-state index contributed by atoms with van der Waals surface area (Å²) in [5, 5.41) is 15.9. The van der Waals surface area contributed by atoms with Crippen molar-refractivity contribution in [3.05, 3.63) is 48.3 Å². The summed E-state index contributed by atoms with van der Waals surface area (Å²) in [6.07, 6.45) is 4.82. The van der Waals surface area contributed by atoms with Crippen molar-refractivity contribution in [1.29, 1.82) is 0 Å². The molecule has 2 N–H and O–H groups in total. The van der Waals surface area contributed by atoms with Gasteiger partial charge in [-0.2, -0.15) is 5.10 Å². The molecular weight excluding hydrogens is 282 g/mol. The molecule has 1 saturated carbocycles. The predicted octanol–water partition coefficient (Wildman–Crippen LogP) is 1.25. The number of para-hydroxylation sites is 1. The van der Waals surface area contributed by atoms with Crippen LogP contribution in [0.5, 0.6) is 0 Å². The van der Waals surface area contributed by atoms with Crippen molar-refractivity contribution < 1.29 is 14.7 Å². The molecule has 1 fully saturated rings. The molecule has 6 nitrogen and oxygen atoms in total. The lowest BCUT2D eigenvalue weighted by atomic mass is 10.2. The average Bonchev–Trinajstić information content (AvgIpc) is 3.21. The van der Waals surface area contributed by atoms with Gasteiger partial charge in [-0.15, -0.1) is 0 Å². The van der Waals surface area contributed by atoms with Gasteiger partial charge in [0.05, 0.1) is 23.7 Å². The number of carboxylic acids is 1. The van der Waals surface area contributed by atoms with Gasteiger partial charge in [0, 0.05) is 12.7 Å². The molecule has 0 bridgehead atoms. The average molecular weight is 299 g/mol. The van der Waals surface area contributed by atoms with Gasteiger partial charge in [-0.3, -0.25) is 9.59 Å². The fourth-order valence-corrected chi connectivity index (χ4v) is 2.43. The summed E-state index contributed by atoms with van der Waals surface area (Å²) in [6, 6.07) is 9.79. The minimum absolute atomic E-state index is 0.164. The maximum absolute atomic E-state index is 11.7. The number of carbonyl (C=O) groups excluding carboxylic acids is 1. The van der Waals surface area contributed by atoms with Crippen molar-refractivity contribution in [1.82, 2.24) is 15.1 Å². The van der Waals surface area contributed by atoms with Crippen LogP contribution >= 0.6 is 0 Å². The Morgan fingerprint density at radius 2 is 2.05 bits per heavy atom. The van der Waals surface area contributed by atoms with Gasteiger partial charge in [0.25, 0.3) is 0 Å². The Labute approximate surface area is 127 Å². The van der Waals surface area contributed by atoms with E-state index in [-0.39, 0.29) is 11.8 Å². The highest BCUT2D eigenvalue weighted by Gasteiger charge is 2.48. The molecule has 0 saturated heterocycles. The third kappa shape index (κ3) is 3.16. The molecule has 0 spiro atoms. The highest BCUT2D eigenvalue weighted by molar-refractivity contribution is 5.89. The topological polar surface area (TPSA) is 84.2 Å². The summed E-state index contributed by atoms with van der Waals surface area (Å²) in [5.41, 5.74) is 2.01. The number of rotatable bonds is 6. The zero-order chi connectivity index (χ0) is 15.5. The smallest absolute Gasteiger partial charge is 0.307 e. The molecular formula is C16H17N3O3. The van der Waals surface area contributed by atoms with Crippen LogP contribution in [0.2, 0.25) is 0 Å². The van der Waals surface area contributed by atoms with Gasteiger partial charge in [0.2, 0.25) is 5.91 Å². The summed E-state index contributed by atoms with van der Waals surface area (Å²) in [6.45, 7) is 0.488. The van der Waals surface area contributed by atoms with E-state index in [4.69, 9.17) is 5.11 Å². The maximum Gasteiger partial charge on any atom is 0.307 e. The second-order valence-corrected chi connectivity index (χ2v) is 5.46. The van der Waals surface area contributed by atoms with Crippen LogP contribution in [-0.4, -0.2) is 33.3 Å². The quantitative estimate of drug-likeness (QED) is 0.841. The lowest BCUT2D eigenvalue weighted by molar-refractivity contribution is -0.140. The van der Waals surface area contributed by atoms with Crippen molar-refractivity contribution in [3.8, 4) is 5.69 Å². The minimum Gasteiger partial charge on any atom is -0.481 e. The van der Waals surface area contributed by atoms with Gasteiger partial charge in [-0.05, 0) is 30.5 Å². The third-order valence-electron chi connectivity index (χ3n) is 3.81. The normalized spacial score (nSPS) is 19.6. The first-order valence-electron chi connectivity index (χ1n) is 7.24. The van der Waals surface area contributed by atoms with Crippen molar-refractivity contribution in [2.75, 3.05) is 6.54 Å². The van der Waals surface area contributed by atoms with Gasteiger partial charge >= 0.3 is 5.97 Å². The van der Waals surface area contributed by atoms with Crippen molar-refractivity contribution >= 4 is 11.9 Å². The second kappa shape index (κ2) is 6.01. The first kappa shape index (κ1) is 14.3. The second-order valence-electron chi connectivity index (χ2n) is 5.46. The molecule has 0 radical (unpaired) electrons. The van der Waals surface area contributed by atoms with Crippen LogP contribution in [0.1, 0.15) is 12.0 Å². The van der Waals surface area contributed by atoms with E-state index in [1.807, 2.05) is 36.5 Å². The standard InChI is InChI=1S/C16H17N3O3/c20-15(13-8-14(13)16(21)22)17-7-6-11-9-18-19(10-11)12-4-2-1-3-5-12/h1-5,9-10,13-14H,6-8H2,(H,17,20)(H,21,22)/t13-,14-/m1/s1. The van der Waals surface area contributed by atoms with Crippen LogP contribution in [0.3, 0.4) is 0 Å². The van der Waals surface area contributed by atoms with Crippen LogP contribution in [0, 0.1) is 11.8 Å². The van der Waals surface area contributed by atoms with E-state index in [9.17, 15) is 9.59 Å². The zero-order valence-corrected chi connectivity index (χ0v) is 12.0. The van der Waals surface area contributed by atoms with E-state index >= 15 is 0 Å². The molecule has 1 aliphatic carbocycles. The number of hydrogen-bond donors (Lipinski definition) is 2. The summed E-state index contributed by atoms with van der Waals surface area (Å²) >= 11 is 0. The summed E-state index contributed by atoms with van der Waals surface area (Å²) in [4.78, 5) is 22.5. The molecule has 0 unspecified atom stereocenters. The minimum atomic E-state index is -0.885. The molecule has 114 valence electrons. The van der Waals surface area contributed by atoms with E-state index in [0.717, 1.165) is 11.3 Å². The first-order chi connectivity index (χ1) is 10.6. The first-order valence-corrected chi connectivity index (χ1v) is 7.24. The van der Waals surface area contributed by atoms with Crippen LogP contribution in [0.4, 0.5) is 0 Å². The lowest BCUT2D eigenvalue weighted by Crippen LogP contribution is -2.28. The number of benzene rings is 1. The predicted molar refractivity (Wildman–Crippen MR) is 79.5 cm³/mol. The van der Waals surface area contributed by atoms with E-state index in [1.165, 1.54) is 0 Å². The monoisotopic (exact) mass is 299 g/mol. The Bertz CT molecular complexity index is 681. The fraction of sp³-hybridized carbons (Fsp3) is 0.312. The maximum atomic E-state index is 11.7. The van der Waals surface area contributed by atoms with Crippen LogP contribution in [-0.2, 0) is 16.0 Å². The van der Waals surface area contributed by atoms with E-state index in [2.05, 4.69) is 10.4 Å². The highest BCUT2D eigenvalue weighted by Crippen LogP contribution is 2.38. The molecule has 22 heavy (non-hydrogen) atoms. The molecule has 2 aromatic rings. The number of amides is 1. The number of nitrogens with zero attached hydrogens (tertiary/aromatic N) is 2. The van der Waals surface area contributed by atoms with Gasteiger partial charge in [-0.1, -0.05) is 18.2 Å². The third-order valence-corrected chi connectivity index (χ3v) is 3.81. The number of nitrogens with one attached hydrogen (secondary N) is 1. The van der Waals surface area contributed by atoms with E-state index < -0.39 is 11.9 Å². The Morgan fingerprint density at radius 3 is 2.73 bits per heavy atom.